The maximum Gasteiger partial charge on any atom is 0.440 e. The van der Waals surface area contributed by atoms with Gasteiger partial charge in [0.15, 0.2) is 0 Å². The van der Waals surface area contributed by atoms with E-state index in [9.17, 15) is 64.4 Å². The number of carbonyl (C=O) groups excluding carboxylic acids is 4. The average molecular weight is 702 g/mol. The number of hydrogen-bond donors (Lipinski definition) is 0. The number of Topliss-reactive ketones (excluding diaryl/α,β-unsaturated/α-hetero) is 2. The molecular formula is C8F10O26. The predicted octanol–water partition coefficient (Wildman–Crippen LogP) is 0.153. The van der Waals surface area contributed by atoms with Gasteiger partial charge in [0, 0.05) is 0 Å². The van der Waals surface area contributed by atoms with E-state index in [0.29, 0.717) is 0 Å². The third-order valence-electron chi connectivity index (χ3n) is 3.33. The molecule has 0 fully saturated rings. The quantitative estimate of drug-likeness (QED) is 0.0381. The SMILES string of the molecule is O=C(OOC(=O)C(OOF)(OOF)C(=O)C(OOF)(OOF)OOF)C(OOF)(OOF)C(=O)C(OOF)(OOF)OOF. The van der Waals surface area contributed by atoms with Gasteiger partial charge in [0.1, 0.15) is 0 Å². The van der Waals surface area contributed by atoms with Gasteiger partial charge in [-0.3, -0.25) is 9.59 Å². The van der Waals surface area contributed by atoms with Crippen LogP contribution in [-0.4, -0.2) is 47.0 Å². The topological polar surface area (TPSA) is 271 Å². The summed E-state index contributed by atoms with van der Waals surface area (Å²) in [7, 11) is 0. The fourth-order valence-corrected chi connectivity index (χ4v) is 1.83. The molecule has 0 amide bonds. The van der Waals surface area contributed by atoms with Gasteiger partial charge in [-0.25, -0.2) is 19.4 Å². The lowest BCUT2D eigenvalue weighted by Crippen LogP contribution is -2.64. The molecule has 0 aliphatic heterocycles. The fourth-order valence-electron chi connectivity index (χ4n) is 1.83. The van der Waals surface area contributed by atoms with Crippen LogP contribution in [0.4, 0.5) is 45.3 Å². The minimum absolute atomic E-state index is 2.18. The Morgan fingerprint density at radius 2 is 0.500 bits per heavy atom. The Labute approximate surface area is 222 Å². The van der Waals surface area contributed by atoms with Crippen molar-refractivity contribution >= 4 is 23.5 Å². The van der Waals surface area contributed by atoms with Crippen LogP contribution in [0.1, 0.15) is 0 Å². The number of rotatable bonds is 26. The van der Waals surface area contributed by atoms with Gasteiger partial charge in [0.25, 0.3) is 0 Å². The third kappa shape index (κ3) is 9.15. The minimum Gasteiger partial charge on any atom is -0.283 e. The summed E-state index contributed by atoms with van der Waals surface area (Å²) in [5.41, 5.74) is 0. The van der Waals surface area contributed by atoms with E-state index in [1.807, 2.05) is 0 Å². The highest BCUT2D eigenvalue weighted by Crippen LogP contribution is 2.33. The van der Waals surface area contributed by atoms with Crippen molar-refractivity contribution in [2.24, 2.45) is 0 Å². The number of halogens is 10. The highest BCUT2D eigenvalue weighted by Gasteiger charge is 2.71. The first kappa shape index (κ1) is 40.8. The smallest absolute Gasteiger partial charge is 0.283 e. The van der Waals surface area contributed by atoms with Crippen molar-refractivity contribution in [3.8, 4) is 0 Å². The van der Waals surface area contributed by atoms with E-state index in [4.69, 9.17) is 0 Å². The van der Waals surface area contributed by atoms with Gasteiger partial charge in [-0.15, -0.1) is 48.9 Å². The maximum atomic E-state index is 12.5. The van der Waals surface area contributed by atoms with Gasteiger partial charge in [-0.2, -0.15) is 0 Å². The largest absolute Gasteiger partial charge is 0.440 e. The minimum atomic E-state index is -5.27. The van der Waals surface area contributed by atoms with Crippen molar-refractivity contribution in [2.75, 3.05) is 0 Å². The molecule has 0 aromatic heterocycles. The zero-order valence-electron chi connectivity index (χ0n) is 18.4. The molecule has 36 heteroatoms. The van der Waals surface area contributed by atoms with Gasteiger partial charge in [-0.05, 0) is 96.2 Å². The van der Waals surface area contributed by atoms with Crippen molar-refractivity contribution in [1.82, 2.24) is 0 Å². The van der Waals surface area contributed by atoms with E-state index >= 15 is 0 Å². The van der Waals surface area contributed by atoms with Crippen molar-refractivity contribution < 1.29 is 174 Å². The van der Waals surface area contributed by atoms with Crippen LogP contribution in [0.25, 0.3) is 0 Å². The lowest BCUT2D eigenvalue weighted by atomic mass is 10.1. The summed E-state index contributed by atoms with van der Waals surface area (Å²) < 4.78 is 123. The Bertz CT molecular complexity index is 779. The van der Waals surface area contributed by atoms with Gasteiger partial charge in [0.05, 0.1) is 0 Å². The number of carbonyl (C=O) groups is 4. The first-order chi connectivity index (χ1) is 21.0. The third-order valence-corrected chi connectivity index (χ3v) is 3.33. The van der Waals surface area contributed by atoms with Crippen LogP contribution in [0.5, 0.6) is 0 Å². The Morgan fingerprint density at radius 3 is 0.659 bits per heavy atom. The first-order valence-corrected chi connectivity index (χ1v) is 8.14. The molecular weight excluding hydrogens is 702 g/mol. The Morgan fingerprint density at radius 1 is 0.318 bits per heavy atom. The zero-order valence-corrected chi connectivity index (χ0v) is 18.4. The standard InChI is InChI=1S/C8F10O26/c9-35-25-5(26-36-10,1(19)7(29-39-13,30-40-14)31-41-15)3(21)23-24-4(22)6(27-37-11,28-38-12)2(20)8(32-42-16,33-43-17)34-44-18. The summed E-state index contributed by atoms with van der Waals surface area (Å²) in [6.45, 7) is 0. The van der Waals surface area contributed by atoms with E-state index in [0.717, 1.165) is 0 Å². The first-order valence-electron chi connectivity index (χ1n) is 8.14. The molecule has 0 rings (SSSR count). The van der Waals surface area contributed by atoms with Crippen molar-refractivity contribution in [1.29, 1.82) is 0 Å². The van der Waals surface area contributed by atoms with E-state index in [1.165, 1.54) is 0 Å². The molecule has 26 nitrogen and oxygen atoms in total. The molecule has 44 heavy (non-hydrogen) atoms. The summed E-state index contributed by atoms with van der Waals surface area (Å²) in [6.07, 6.45) is 0. The predicted molar refractivity (Wildman–Crippen MR) is 65.9 cm³/mol. The van der Waals surface area contributed by atoms with Gasteiger partial charge < -0.3 is 0 Å². The van der Waals surface area contributed by atoms with Crippen molar-refractivity contribution in [2.45, 2.75) is 23.5 Å². The van der Waals surface area contributed by atoms with Crippen LogP contribution in [0.2, 0.25) is 0 Å². The van der Waals surface area contributed by atoms with Crippen molar-refractivity contribution in [3.05, 3.63) is 0 Å². The lowest BCUT2D eigenvalue weighted by Gasteiger charge is -2.29. The van der Waals surface area contributed by atoms with E-state index in [-0.39, 0.29) is 0 Å². The summed E-state index contributed by atoms with van der Waals surface area (Å²) in [5.74, 6) is -34.4. The summed E-state index contributed by atoms with van der Waals surface area (Å²) in [6, 6.07) is 0. The molecule has 0 spiro atoms. The highest BCUT2D eigenvalue weighted by atomic mass is 19.3. The molecule has 0 atom stereocenters. The second-order valence-electron chi connectivity index (χ2n) is 5.21. The second kappa shape index (κ2) is 19.9. The Kier molecular flexibility index (Phi) is 18.5. The van der Waals surface area contributed by atoms with Crippen LogP contribution in [0, 0.1) is 0 Å². The lowest BCUT2D eigenvalue weighted by molar-refractivity contribution is -0.685. The molecule has 0 saturated carbocycles. The molecule has 0 bridgehead atoms. The number of hydrogen-bond acceptors (Lipinski definition) is 26. The molecule has 258 valence electrons. The normalized spacial score (nSPS) is 12.7. The molecule has 0 aliphatic carbocycles. The van der Waals surface area contributed by atoms with Crippen LogP contribution in [0.3, 0.4) is 0 Å². The monoisotopic (exact) mass is 702 g/mol. The molecule has 0 radical (unpaired) electrons. The molecule has 0 saturated heterocycles. The summed E-state index contributed by atoms with van der Waals surface area (Å²) in [4.78, 5) is 86.3. The molecule has 0 aliphatic rings. The highest BCUT2D eigenvalue weighted by molar-refractivity contribution is 6.09. The van der Waals surface area contributed by atoms with Crippen molar-refractivity contribution in [3.63, 3.8) is 0 Å². The Balaban J connectivity index is 6.86. The van der Waals surface area contributed by atoms with E-state index in [1.54, 1.807) is 0 Å². The van der Waals surface area contributed by atoms with Gasteiger partial charge >= 0.3 is 47.0 Å². The van der Waals surface area contributed by atoms with Crippen LogP contribution in [0.15, 0.2) is 0 Å². The molecule has 0 N–H and O–H groups in total. The fraction of sp³-hybridized carbons (Fsp3) is 0.500. The van der Waals surface area contributed by atoms with E-state index in [2.05, 4.69) is 110 Å². The van der Waals surface area contributed by atoms with Gasteiger partial charge in [-0.1, -0.05) is 0 Å². The Hall–Kier alpha value is -3.22. The molecule has 0 unspecified atom stereocenters. The summed E-state index contributed by atoms with van der Waals surface area (Å²) in [5, 5.41) is 21.9. The molecule has 0 aromatic carbocycles. The van der Waals surface area contributed by atoms with Crippen LogP contribution < -0.4 is 0 Å². The summed E-state index contributed by atoms with van der Waals surface area (Å²) >= 11 is 0. The average Bonchev–Trinajstić information content (AvgIpc) is 2.99. The zero-order chi connectivity index (χ0) is 33.9. The number of ketones is 2. The van der Waals surface area contributed by atoms with Crippen LogP contribution >= 0.6 is 0 Å². The van der Waals surface area contributed by atoms with Crippen LogP contribution in [-0.2, 0) is 129 Å². The van der Waals surface area contributed by atoms with Gasteiger partial charge in [0.2, 0.25) is 0 Å². The second-order valence-corrected chi connectivity index (χ2v) is 5.21. The van der Waals surface area contributed by atoms with E-state index < -0.39 is 47.0 Å². The maximum absolute atomic E-state index is 12.5. The molecule has 0 aromatic rings. The molecule has 0 heterocycles.